The third-order valence-electron chi connectivity index (χ3n) is 13.5. The molecule has 0 saturated carbocycles. The Kier molecular flexibility index (Phi) is 59.9. The van der Waals surface area contributed by atoms with Gasteiger partial charge in [-0.1, -0.05) is 262 Å². The second-order valence-corrected chi connectivity index (χ2v) is 24.2. The van der Waals surface area contributed by atoms with Crippen LogP contribution in [0.4, 0.5) is 0 Å². The van der Waals surface area contributed by atoms with Crippen molar-refractivity contribution in [3.05, 3.63) is 158 Å². The lowest BCUT2D eigenvalue weighted by atomic mass is 10.1. The van der Waals surface area contributed by atoms with E-state index >= 15 is 0 Å². The number of allylic oxidation sites excluding steroid dienone is 26. The van der Waals surface area contributed by atoms with E-state index in [2.05, 4.69) is 172 Å². The molecule has 2 unspecified atom stereocenters. The Hall–Kier alpha value is -4.37. The van der Waals surface area contributed by atoms with Crippen molar-refractivity contribution in [1.82, 2.24) is 0 Å². The molecule has 0 aliphatic carbocycles. The number of rotatable bonds is 59. The Morgan fingerprint density at radius 1 is 0.381 bits per heavy atom. The fraction of sp³-hybridized carbons (Fsp3) is 0.622. The monoisotopic (exact) mass is 1180 g/mol. The Balaban J connectivity index is 4.20. The maximum Gasteiger partial charge on any atom is 0.472 e. The van der Waals surface area contributed by atoms with E-state index in [1.54, 1.807) is 0 Å². The van der Waals surface area contributed by atoms with Gasteiger partial charge in [-0.3, -0.25) is 18.6 Å². The number of esters is 2. The van der Waals surface area contributed by atoms with Gasteiger partial charge < -0.3 is 18.9 Å². The first-order chi connectivity index (χ1) is 41.0. The molecular formula is C74H123NO8P+. The highest BCUT2D eigenvalue weighted by molar-refractivity contribution is 7.47. The molecule has 0 aromatic rings. The van der Waals surface area contributed by atoms with E-state index in [1.807, 2.05) is 21.1 Å². The lowest BCUT2D eigenvalue weighted by Gasteiger charge is -2.24. The number of nitrogens with zero attached hydrogens (tertiary/aromatic N) is 1. The molecule has 476 valence electrons. The van der Waals surface area contributed by atoms with Crippen LogP contribution in [0.2, 0.25) is 0 Å². The molecule has 0 heterocycles. The summed E-state index contributed by atoms with van der Waals surface area (Å²) in [6, 6.07) is 0. The normalized spacial score (nSPS) is 14.2. The van der Waals surface area contributed by atoms with Crippen molar-refractivity contribution in [3.8, 4) is 0 Å². The first-order valence-electron chi connectivity index (χ1n) is 33.2. The molecule has 10 heteroatoms. The maximum absolute atomic E-state index is 12.9. The molecule has 0 radical (unpaired) electrons. The second kappa shape index (κ2) is 63.1. The zero-order valence-corrected chi connectivity index (χ0v) is 55.0. The van der Waals surface area contributed by atoms with E-state index in [0.29, 0.717) is 17.4 Å². The highest BCUT2D eigenvalue weighted by atomic mass is 31.2. The minimum atomic E-state index is -4.41. The summed E-state index contributed by atoms with van der Waals surface area (Å²) in [7, 11) is 1.44. The minimum Gasteiger partial charge on any atom is -0.462 e. The predicted octanol–water partition coefficient (Wildman–Crippen LogP) is 21.6. The standard InChI is InChI=1S/C74H122NO8P/c1-6-8-10-12-14-16-18-20-22-24-26-28-29-30-31-32-33-34-35-36-37-38-39-40-41-42-43-44-45-47-49-51-53-55-57-59-61-63-65-67-74(77)83-72(71-82-84(78,79)81-69-68-75(3,4)5)70-80-73(76)66-64-62-60-58-56-54-52-50-48-46-27-25-23-21-19-17-15-13-11-9-7-2/h8,10,14,16,19-22,25-28,30-31,33-34,36-37,39-40,42-43,45,47,51,53,72H,6-7,9,11-13,15,17-18,23-24,29,32,35,38,41,44,46,48-50,52,54-71H2,1-5H3/p+1/b10-8-,16-14-,21-19-,22-20-,27-25-,28-26-,31-30-,34-33-,37-36-,40-39-,43-42-,47-45-,53-51-. The second-order valence-electron chi connectivity index (χ2n) is 22.8. The van der Waals surface area contributed by atoms with Gasteiger partial charge in [0.2, 0.25) is 0 Å². The SMILES string of the molecule is CC/C=C\C/C=C\C/C=C\C/C=C\C/C=C\C/C=C\C/C=C\C/C=C\C/C=C\C/C=C\C/C=C\CCCCCCCC(=O)OC(COC(=O)CCCCCCCCCCC/C=C\C/C=C\CCCCCCC)COP(=O)(O)OCC[N+](C)(C)C. The van der Waals surface area contributed by atoms with Crippen LogP contribution in [0.25, 0.3) is 0 Å². The highest BCUT2D eigenvalue weighted by Crippen LogP contribution is 2.43. The van der Waals surface area contributed by atoms with Gasteiger partial charge >= 0.3 is 19.8 Å². The largest absolute Gasteiger partial charge is 0.472 e. The molecule has 0 amide bonds. The third kappa shape index (κ3) is 66.8. The minimum absolute atomic E-state index is 0.0186. The van der Waals surface area contributed by atoms with Crippen LogP contribution in [0.3, 0.4) is 0 Å². The number of likely N-dealkylation sites (N-methyl/N-ethyl adjacent to an activating group) is 1. The van der Waals surface area contributed by atoms with Crippen LogP contribution in [0.5, 0.6) is 0 Å². The van der Waals surface area contributed by atoms with Crippen LogP contribution in [-0.2, 0) is 32.7 Å². The summed E-state index contributed by atoms with van der Waals surface area (Å²) in [6.45, 7) is 4.27. The highest BCUT2D eigenvalue weighted by Gasteiger charge is 2.27. The van der Waals surface area contributed by atoms with Crippen molar-refractivity contribution in [2.24, 2.45) is 0 Å². The molecule has 0 spiro atoms. The number of unbranched alkanes of at least 4 members (excludes halogenated alkanes) is 19. The van der Waals surface area contributed by atoms with Crippen LogP contribution < -0.4 is 0 Å². The van der Waals surface area contributed by atoms with Crippen LogP contribution in [0, 0.1) is 0 Å². The van der Waals surface area contributed by atoms with E-state index < -0.39 is 26.5 Å². The van der Waals surface area contributed by atoms with Gasteiger partial charge in [-0.05, 0) is 128 Å². The Morgan fingerprint density at radius 2 is 0.679 bits per heavy atom. The lowest BCUT2D eigenvalue weighted by Crippen LogP contribution is -2.37. The fourth-order valence-electron chi connectivity index (χ4n) is 8.46. The smallest absolute Gasteiger partial charge is 0.462 e. The van der Waals surface area contributed by atoms with Gasteiger partial charge in [0.1, 0.15) is 19.8 Å². The van der Waals surface area contributed by atoms with E-state index in [4.69, 9.17) is 18.5 Å². The van der Waals surface area contributed by atoms with E-state index in [9.17, 15) is 19.0 Å². The number of phosphoric acid groups is 1. The summed E-state index contributed by atoms with van der Waals surface area (Å²) < 4.78 is 34.6. The number of quaternary nitrogens is 1. The Bertz CT molecular complexity index is 1970. The molecule has 0 fully saturated rings. The Labute approximate surface area is 516 Å². The van der Waals surface area contributed by atoms with Gasteiger partial charge in [-0.15, -0.1) is 0 Å². The van der Waals surface area contributed by atoms with Crippen molar-refractivity contribution in [3.63, 3.8) is 0 Å². The lowest BCUT2D eigenvalue weighted by molar-refractivity contribution is -0.870. The number of ether oxygens (including phenoxy) is 2. The quantitative estimate of drug-likeness (QED) is 0.0211. The number of phosphoric ester groups is 1. The Morgan fingerprint density at radius 3 is 1.01 bits per heavy atom. The van der Waals surface area contributed by atoms with Gasteiger partial charge in [0.25, 0.3) is 0 Å². The molecule has 0 bridgehead atoms. The summed E-state index contributed by atoms with van der Waals surface area (Å²) in [5, 5.41) is 0. The first-order valence-corrected chi connectivity index (χ1v) is 34.7. The number of carbonyl (C=O) groups is 2. The fourth-order valence-corrected chi connectivity index (χ4v) is 9.20. The molecule has 0 aromatic heterocycles. The van der Waals surface area contributed by atoms with Crippen molar-refractivity contribution in [1.29, 1.82) is 0 Å². The topological polar surface area (TPSA) is 108 Å². The van der Waals surface area contributed by atoms with Crippen molar-refractivity contribution < 1.29 is 42.1 Å². The van der Waals surface area contributed by atoms with Gasteiger partial charge in [0, 0.05) is 12.8 Å². The number of hydrogen-bond donors (Lipinski definition) is 1. The molecular weight excluding hydrogens is 1060 g/mol. The molecule has 2 atom stereocenters. The number of carbonyl (C=O) groups excluding carboxylic acids is 2. The molecule has 1 N–H and O–H groups in total. The van der Waals surface area contributed by atoms with Crippen molar-refractivity contribution in [2.75, 3.05) is 47.5 Å². The van der Waals surface area contributed by atoms with E-state index in [1.165, 1.54) is 70.6 Å². The van der Waals surface area contributed by atoms with Crippen molar-refractivity contribution in [2.45, 2.75) is 251 Å². The van der Waals surface area contributed by atoms with Gasteiger partial charge in [0.05, 0.1) is 27.7 Å². The third-order valence-corrected chi connectivity index (χ3v) is 14.5. The molecule has 0 aliphatic rings. The summed E-state index contributed by atoms with van der Waals surface area (Å²) in [5.41, 5.74) is 0. The summed E-state index contributed by atoms with van der Waals surface area (Å²) in [4.78, 5) is 35.8. The zero-order chi connectivity index (χ0) is 61.2. The molecule has 0 rings (SSSR count). The number of hydrogen-bond acceptors (Lipinski definition) is 7. The molecule has 84 heavy (non-hydrogen) atoms. The summed E-state index contributed by atoms with van der Waals surface area (Å²) in [5.74, 6) is -0.833. The van der Waals surface area contributed by atoms with Crippen molar-refractivity contribution >= 4 is 19.8 Å². The average molecular weight is 1190 g/mol. The molecule has 0 aromatic carbocycles. The van der Waals surface area contributed by atoms with Gasteiger partial charge in [-0.2, -0.15) is 0 Å². The van der Waals surface area contributed by atoms with E-state index in [-0.39, 0.29) is 32.0 Å². The van der Waals surface area contributed by atoms with Crippen LogP contribution in [0.1, 0.15) is 245 Å². The predicted molar refractivity (Wildman–Crippen MR) is 362 cm³/mol. The molecule has 0 aliphatic heterocycles. The van der Waals surface area contributed by atoms with Gasteiger partial charge in [-0.25, -0.2) is 4.57 Å². The van der Waals surface area contributed by atoms with Gasteiger partial charge in [0.15, 0.2) is 6.10 Å². The van der Waals surface area contributed by atoms with Crippen LogP contribution in [0.15, 0.2) is 158 Å². The summed E-state index contributed by atoms with van der Waals surface area (Å²) >= 11 is 0. The molecule has 0 saturated heterocycles. The molecule has 9 nitrogen and oxygen atoms in total. The van der Waals surface area contributed by atoms with E-state index in [0.717, 1.165) is 141 Å². The average Bonchev–Trinajstić information content (AvgIpc) is 3.61. The maximum atomic E-state index is 12.9. The van der Waals surface area contributed by atoms with Crippen LogP contribution >= 0.6 is 7.82 Å². The first kappa shape index (κ1) is 79.6. The van der Waals surface area contributed by atoms with Crippen LogP contribution in [-0.4, -0.2) is 74.9 Å². The summed E-state index contributed by atoms with van der Waals surface area (Å²) in [6.07, 6.45) is 94.7. The zero-order valence-electron chi connectivity index (χ0n) is 54.1.